The van der Waals surface area contributed by atoms with E-state index in [1.807, 2.05) is 13.0 Å². The summed E-state index contributed by atoms with van der Waals surface area (Å²) in [4.78, 5) is 32.6. The summed E-state index contributed by atoms with van der Waals surface area (Å²) in [5.74, 6) is -0.839. The number of nitrogens with zero attached hydrogens (tertiary/aromatic N) is 3. The number of pyridine rings is 1. The topological polar surface area (TPSA) is 92.4 Å². The van der Waals surface area contributed by atoms with Crippen LogP contribution in [0.15, 0.2) is 64.5 Å². The summed E-state index contributed by atoms with van der Waals surface area (Å²) >= 11 is 0. The van der Waals surface area contributed by atoms with E-state index in [1.165, 1.54) is 10.6 Å². The van der Waals surface area contributed by atoms with Crippen molar-refractivity contribution in [2.24, 2.45) is 12.0 Å². The number of H-pyrrole nitrogens is 1. The number of aromatic nitrogens is 3. The lowest BCUT2D eigenvalue weighted by Gasteiger charge is -2.08. The number of amides is 1. The molecule has 0 aliphatic heterocycles. The van der Waals surface area contributed by atoms with Crippen LogP contribution in [0.1, 0.15) is 27.9 Å². The highest BCUT2D eigenvalue weighted by molar-refractivity contribution is 5.95. The van der Waals surface area contributed by atoms with Gasteiger partial charge in [0, 0.05) is 32.0 Å². The molecule has 10 heteroatoms. The average Bonchev–Trinajstić information content (AvgIpc) is 3.16. The summed E-state index contributed by atoms with van der Waals surface area (Å²) in [5.41, 5.74) is 2.10. The van der Waals surface area contributed by atoms with Gasteiger partial charge in [0.15, 0.2) is 0 Å². The van der Waals surface area contributed by atoms with Gasteiger partial charge in [-0.05, 0) is 60.9 Å². The molecule has 0 atom stereocenters. The zero-order chi connectivity index (χ0) is 25.3. The van der Waals surface area contributed by atoms with Crippen molar-refractivity contribution in [3.63, 3.8) is 0 Å². The highest BCUT2D eigenvalue weighted by Crippen LogP contribution is 2.29. The lowest BCUT2D eigenvalue weighted by molar-refractivity contribution is -0.137. The van der Waals surface area contributed by atoms with E-state index in [2.05, 4.69) is 9.98 Å². The van der Waals surface area contributed by atoms with Gasteiger partial charge in [0.05, 0.1) is 22.2 Å². The van der Waals surface area contributed by atoms with E-state index in [0.717, 1.165) is 23.8 Å². The van der Waals surface area contributed by atoms with Crippen LogP contribution >= 0.6 is 0 Å². The van der Waals surface area contributed by atoms with E-state index in [-0.39, 0.29) is 23.3 Å². The normalized spacial score (nSPS) is 12.5. The third-order valence-corrected chi connectivity index (χ3v) is 5.74. The van der Waals surface area contributed by atoms with Gasteiger partial charge >= 0.3 is 6.18 Å². The molecule has 2 heterocycles. The number of fused-ring (bicyclic) bond motifs is 1. The SMILES string of the molecule is Cc1ccn(C)c(=O)c1-c1ccc2c(c1)[nH]/c(=N\C(=O)c1cccc(C(F)(F)F)c1)n2CCCO. The molecular weight excluding hydrogens is 461 g/mol. The van der Waals surface area contributed by atoms with Crippen LogP contribution < -0.4 is 11.2 Å². The monoisotopic (exact) mass is 484 g/mol. The Morgan fingerprint density at radius 2 is 1.91 bits per heavy atom. The number of halogens is 3. The van der Waals surface area contributed by atoms with Crippen molar-refractivity contribution in [3.05, 3.63) is 87.4 Å². The van der Waals surface area contributed by atoms with Crippen LogP contribution in [0, 0.1) is 6.92 Å². The molecule has 35 heavy (non-hydrogen) atoms. The molecular formula is C25H23F3N4O3. The lowest BCUT2D eigenvalue weighted by atomic mass is 10.0. The van der Waals surface area contributed by atoms with Crippen molar-refractivity contribution in [1.82, 2.24) is 14.1 Å². The summed E-state index contributed by atoms with van der Waals surface area (Å²) in [6.45, 7) is 2.06. The maximum atomic E-state index is 13.1. The minimum absolute atomic E-state index is 0.0992. The number of rotatable bonds is 5. The number of alkyl halides is 3. The Morgan fingerprint density at radius 3 is 2.63 bits per heavy atom. The number of aliphatic hydroxyl groups is 1. The first kappa shape index (κ1) is 24.2. The van der Waals surface area contributed by atoms with E-state index in [1.54, 1.807) is 36.0 Å². The van der Waals surface area contributed by atoms with Crippen LogP contribution in [0.5, 0.6) is 0 Å². The second kappa shape index (κ2) is 9.38. The van der Waals surface area contributed by atoms with Crippen molar-refractivity contribution < 1.29 is 23.1 Å². The number of hydrogen-bond donors (Lipinski definition) is 2. The predicted octanol–water partition coefficient (Wildman–Crippen LogP) is 3.79. The average molecular weight is 484 g/mol. The number of imidazole rings is 1. The first-order chi connectivity index (χ1) is 16.6. The van der Waals surface area contributed by atoms with Crippen LogP contribution in [0.2, 0.25) is 0 Å². The molecule has 0 unspecified atom stereocenters. The molecule has 0 spiro atoms. The number of hydrogen-bond acceptors (Lipinski definition) is 3. The van der Waals surface area contributed by atoms with E-state index in [4.69, 9.17) is 0 Å². The summed E-state index contributed by atoms with van der Waals surface area (Å²) in [6, 6.07) is 11.2. The standard InChI is InChI=1S/C25H23F3N4O3/c1-15-9-11-31(2)23(35)21(15)16-7-8-20-19(14-16)29-24(32(20)10-4-12-33)30-22(34)17-5-3-6-18(13-17)25(26,27)28/h3,5-9,11,13-14,33H,4,10,12H2,1-2H3,(H,29,30,34). The first-order valence-corrected chi connectivity index (χ1v) is 10.9. The van der Waals surface area contributed by atoms with Crippen molar-refractivity contribution in [1.29, 1.82) is 0 Å². The molecule has 4 rings (SSSR count). The van der Waals surface area contributed by atoms with Crippen LogP contribution in [0.25, 0.3) is 22.2 Å². The Hall–Kier alpha value is -3.92. The van der Waals surface area contributed by atoms with E-state index in [9.17, 15) is 27.9 Å². The van der Waals surface area contributed by atoms with Gasteiger partial charge in [-0.1, -0.05) is 12.1 Å². The van der Waals surface area contributed by atoms with Gasteiger partial charge < -0.3 is 19.2 Å². The van der Waals surface area contributed by atoms with Gasteiger partial charge in [-0.2, -0.15) is 18.2 Å². The predicted molar refractivity (Wildman–Crippen MR) is 125 cm³/mol. The van der Waals surface area contributed by atoms with E-state index >= 15 is 0 Å². The molecule has 0 bridgehead atoms. The second-order valence-corrected chi connectivity index (χ2v) is 8.19. The number of aryl methyl sites for hydroxylation is 3. The zero-order valence-corrected chi connectivity index (χ0v) is 19.1. The molecule has 0 radical (unpaired) electrons. The highest BCUT2D eigenvalue weighted by Gasteiger charge is 2.30. The smallest absolute Gasteiger partial charge is 0.396 e. The summed E-state index contributed by atoms with van der Waals surface area (Å²) in [5, 5.41) is 9.31. The third-order valence-electron chi connectivity index (χ3n) is 5.74. The molecule has 0 aliphatic carbocycles. The molecule has 182 valence electrons. The van der Waals surface area contributed by atoms with Crippen LogP contribution in [0.3, 0.4) is 0 Å². The fourth-order valence-corrected chi connectivity index (χ4v) is 3.93. The molecule has 0 fully saturated rings. The Bertz CT molecular complexity index is 1540. The van der Waals surface area contributed by atoms with Crippen LogP contribution in [0.4, 0.5) is 13.2 Å². The number of nitrogens with one attached hydrogen (secondary N) is 1. The van der Waals surface area contributed by atoms with E-state index in [0.29, 0.717) is 35.1 Å². The Balaban J connectivity index is 1.85. The summed E-state index contributed by atoms with van der Waals surface area (Å²) in [7, 11) is 1.66. The third kappa shape index (κ3) is 4.83. The first-order valence-electron chi connectivity index (χ1n) is 10.9. The minimum Gasteiger partial charge on any atom is -0.396 e. The molecule has 4 aromatic rings. The maximum Gasteiger partial charge on any atom is 0.416 e. The number of aromatic amines is 1. The fourth-order valence-electron chi connectivity index (χ4n) is 3.93. The molecule has 0 saturated carbocycles. The van der Waals surface area contributed by atoms with Crippen LogP contribution in [-0.4, -0.2) is 31.7 Å². The number of benzene rings is 2. The van der Waals surface area contributed by atoms with Gasteiger partial charge in [0.2, 0.25) is 5.62 Å². The molecule has 0 aliphatic rings. The quantitative estimate of drug-likeness (QED) is 0.452. The Morgan fingerprint density at radius 1 is 1.14 bits per heavy atom. The summed E-state index contributed by atoms with van der Waals surface area (Å²) in [6.07, 6.45) is -2.52. The van der Waals surface area contributed by atoms with Crippen molar-refractivity contribution in [3.8, 4) is 11.1 Å². The molecule has 2 aromatic carbocycles. The Labute approximate surface area is 197 Å². The molecule has 2 aromatic heterocycles. The number of carbonyl (C=O) groups is 1. The highest BCUT2D eigenvalue weighted by atomic mass is 19.4. The number of aliphatic hydroxyl groups excluding tert-OH is 1. The molecule has 7 nitrogen and oxygen atoms in total. The molecule has 0 saturated heterocycles. The Kier molecular flexibility index (Phi) is 6.49. The van der Waals surface area contributed by atoms with E-state index < -0.39 is 17.6 Å². The summed E-state index contributed by atoms with van der Waals surface area (Å²) < 4.78 is 42.3. The lowest BCUT2D eigenvalue weighted by Crippen LogP contribution is -2.21. The van der Waals surface area contributed by atoms with Crippen LogP contribution in [-0.2, 0) is 19.8 Å². The molecule has 2 N–H and O–H groups in total. The second-order valence-electron chi connectivity index (χ2n) is 8.19. The van der Waals surface area contributed by atoms with Gasteiger partial charge in [-0.25, -0.2) is 0 Å². The van der Waals surface area contributed by atoms with Gasteiger partial charge in [-0.3, -0.25) is 9.59 Å². The van der Waals surface area contributed by atoms with Crippen molar-refractivity contribution in [2.45, 2.75) is 26.1 Å². The fraction of sp³-hybridized carbons (Fsp3) is 0.240. The van der Waals surface area contributed by atoms with Crippen molar-refractivity contribution >= 4 is 16.9 Å². The maximum absolute atomic E-state index is 13.1. The minimum atomic E-state index is -4.58. The molecule has 1 amide bonds. The van der Waals surface area contributed by atoms with Gasteiger partial charge in [0.25, 0.3) is 11.5 Å². The van der Waals surface area contributed by atoms with Gasteiger partial charge in [-0.15, -0.1) is 0 Å². The number of carbonyl (C=O) groups excluding carboxylic acids is 1. The zero-order valence-electron chi connectivity index (χ0n) is 19.1. The van der Waals surface area contributed by atoms with Crippen molar-refractivity contribution in [2.75, 3.05) is 6.61 Å². The van der Waals surface area contributed by atoms with Gasteiger partial charge in [0.1, 0.15) is 0 Å². The largest absolute Gasteiger partial charge is 0.416 e.